The Morgan fingerprint density at radius 1 is 1.16 bits per heavy atom. The zero-order chi connectivity index (χ0) is 23.6. The number of carbonyl (C=O) groups is 2. The standard InChI is InChI=1S/C22H24F3N3O4/c1-13(27(2)11-14-5-8-18(31-3)19(9-14)32-4)21(30)28-12-20(29)26-16-10-15(22(23,24)25)6-7-17(16)28/h5-10,13H,11-12H2,1-4H3,(H,26,29). The van der Waals surface area contributed by atoms with Crippen LogP contribution in [-0.2, 0) is 22.3 Å². The molecule has 0 saturated carbocycles. The van der Waals surface area contributed by atoms with Crippen LogP contribution in [0.5, 0.6) is 11.5 Å². The van der Waals surface area contributed by atoms with Crippen molar-refractivity contribution in [3.63, 3.8) is 0 Å². The van der Waals surface area contributed by atoms with E-state index in [4.69, 9.17) is 9.47 Å². The number of benzene rings is 2. The normalized spacial score (nSPS) is 14.6. The number of hydrogen-bond donors (Lipinski definition) is 1. The maximum Gasteiger partial charge on any atom is 0.416 e. The Morgan fingerprint density at radius 3 is 2.47 bits per heavy atom. The lowest BCUT2D eigenvalue weighted by Crippen LogP contribution is -2.50. The molecule has 1 atom stereocenters. The average molecular weight is 451 g/mol. The average Bonchev–Trinajstić information content (AvgIpc) is 2.76. The van der Waals surface area contributed by atoms with Gasteiger partial charge in [0, 0.05) is 6.54 Å². The number of amides is 2. The number of nitrogens with one attached hydrogen (secondary N) is 1. The number of ether oxygens (including phenoxy) is 2. The van der Waals surface area contributed by atoms with Crippen LogP contribution < -0.4 is 19.7 Å². The molecule has 0 spiro atoms. The molecule has 2 aromatic carbocycles. The third kappa shape index (κ3) is 4.80. The lowest BCUT2D eigenvalue weighted by Gasteiger charge is -2.34. The minimum Gasteiger partial charge on any atom is -0.493 e. The van der Waals surface area contributed by atoms with Crippen LogP contribution in [0.4, 0.5) is 24.5 Å². The zero-order valence-electron chi connectivity index (χ0n) is 18.1. The molecule has 2 amide bonds. The number of anilines is 2. The van der Waals surface area contributed by atoms with Gasteiger partial charge in [-0.25, -0.2) is 0 Å². The number of fused-ring (bicyclic) bond motifs is 1. The van der Waals surface area contributed by atoms with Gasteiger partial charge in [-0.1, -0.05) is 6.07 Å². The van der Waals surface area contributed by atoms with E-state index in [0.29, 0.717) is 18.0 Å². The highest BCUT2D eigenvalue weighted by Gasteiger charge is 2.35. The quantitative estimate of drug-likeness (QED) is 0.728. The molecule has 2 aromatic rings. The molecule has 172 valence electrons. The highest BCUT2D eigenvalue weighted by molar-refractivity contribution is 6.11. The second kappa shape index (κ2) is 9.07. The Kier molecular flexibility index (Phi) is 6.63. The van der Waals surface area contributed by atoms with Crippen LogP contribution in [0.25, 0.3) is 0 Å². The fourth-order valence-corrected chi connectivity index (χ4v) is 3.48. The first-order valence-electron chi connectivity index (χ1n) is 9.78. The molecule has 32 heavy (non-hydrogen) atoms. The van der Waals surface area contributed by atoms with Gasteiger partial charge in [0.1, 0.15) is 6.54 Å². The number of alkyl halides is 3. The maximum absolute atomic E-state index is 13.2. The minimum atomic E-state index is -4.56. The van der Waals surface area contributed by atoms with E-state index < -0.39 is 29.6 Å². The van der Waals surface area contributed by atoms with Gasteiger partial charge in [0.2, 0.25) is 11.8 Å². The summed E-state index contributed by atoms with van der Waals surface area (Å²) in [6, 6.07) is 7.70. The van der Waals surface area contributed by atoms with Crippen molar-refractivity contribution in [1.29, 1.82) is 0 Å². The summed E-state index contributed by atoms with van der Waals surface area (Å²) in [6.45, 7) is 1.80. The van der Waals surface area contributed by atoms with E-state index in [-0.39, 0.29) is 17.9 Å². The molecule has 0 aliphatic carbocycles. The molecule has 0 fully saturated rings. The number of carbonyl (C=O) groups excluding carboxylic acids is 2. The summed E-state index contributed by atoms with van der Waals surface area (Å²) in [4.78, 5) is 28.3. The Hall–Kier alpha value is -3.27. The van der Waals surface area contributed by atoms with Gasteiger partial charge in [0.25, 0.3) is 0 Å². The van der Waals surface area contributed by atoms with Gasteiger partial charge in [0.15, 0.2) is 11.5 Å². The van der Waals surface area contributed by atoms with Crippen LogP contribution in [0.15, 0.2) is 36.4 Å². The first kappa shape index (κ1) is 23.4. The molecule has 0 saturated heterocycles. The topological polar surface area (TPSA) is 71.1 Å². The number of methoxy groups -OCH3 is 2. The summed E-state index contributed by atoms with van der Waals surface area (Å²) in [5.74, 6) is 0.181. The molecule has 1 aliphatic heterocycles. The van der Waals surface area contributed by atoms with E-state index in [2.05, 4.69) is 5.32 Å². The molecule has 3 rings (SSSR count). The van der Waals surface area contributed by atoms with Gasteiger partial charge in [-0.2, -0.15) is 13.2 Å². The number of halogens is 3. The number of likely N-dealkylation sites (N-methyl/N-ethyl adjacent to an activating group) is 1. The first-order valence-corrected chi connectivity index (χ1v) is 9.78. The van der Waals surface area contributed by atoms with Crippen molar-refractivity contribution >= 4 is 23.2 Å². The van der Waals surface area contributed by atoms with E-state index in [1.807, 2.05) is 6.07 Å². The van der Waals surface area contributed by atoms with E-state index in [1.54, 1.807) is 31.0 Å². The smallest absolute Gasteiger partial charge is 0.416 e. The van der Waals surface area contributed by atoms with Crippen molar-refractivity contribution in [1.82, 2.24) is 4.90 Å². The third-order valence-corrected chi connectivity index (χ3v) is 5.35. The second-order valence-electron chi connectivity index (χ2n) is 7.48. The number of hydrogen-bond acceptors (Lipinski definition) is 5. The Balaban J connectivity index is 1.80. The summed E-state index contributed by atoms with van der Waals surface area (Å²) in [6.07, 6.45) is -4.56. The molecule has 0 bridgehead atoms. The molecule has 1 aliphatic rings. The summed E-state index contributed by atoms with van der Waals surface area (Å²) in [5, 5.41) is 2.42. The van der Waals surface area contributed by atoms with Gasteiger partial charge < -0.3 is 14.8 Å². The molecular weight excluding hydrogens is 427 g/mol. The molecule has 1 heterocycles. The first-order chi connectivity index (χ1) is 15.0. The van der Waals surface area contributed by atoms with Crippen LogP contribution in [0.2, 0.25) is 0 Å². The molecule has 1 unspecified atom stereocenters. The van der Waals surface area contributed by atoms with Crippen molar-refractivity contribution in [3.8, 4) is 11.5 Å². The van der Waals surface area contributed by atoms with E-state index >= 15 is 0 Å². The summed E-state index contributed by atoms with van der Waals surface area (Å²) in [7, 11) is 4.81. The number of rotatable bonds is 6. The van der Waals surface area contributed by atoms with Crippen LogP contribution >= 0.6 is 0 Å². The van der Waals surface area contributed by atoms with Gasteiger partial charge in [-0.05, 0) is 49.9 Å². The van der Waals surface area contributed by atoms with Crippen LogP contribution in [0, 0.1) is 0 Å². The largest absolute Gasteiger partial charge is 0.493 e. The highest BCUT2D eigenvalue weighted by Crippen LogP contribution is 2.37. The fourth-order valence-electron chi connectivity index (χ4n) is 3.48. The van der Waals surface area contributed by atoms with Gasteiger partial charge in [-0.3, -0.25) is 19.4 Å². The molecular formula is C22H24F3N3O4. The zero-order valence-corrected chi connectivity index (χ0v) is 18.1. The summed E-state index contributed by atoms with van der Waals surface area (Å²) < 4.78 is 49.6. The Morgan fingerprint density at radius 2 is 1.84 bits per heavy atom. The van der Waals surface area contributed by atoms with Crippen molar-refractivity contribution in [2.75, 3.05) is 38.0 Å². The monoisotopic (exact) mass is 451 g/mol. The molecule has 0 radical (unpaired) electrons. The van der Waals surface area contributed by atoms with E-state index in [1.165, 1.54) is 25.2 Å². The van der Waals surface area contributed by atoms with Crippen molar-refractivity contribution in [3.05, 3.63) is 47.5 Å². The van der Waals surface area contributed by atoms with Gasteiger partial charge in [-0.15, -0.1) is 0 Å². The fraction of sp³-hybridized carbons (Fsp3) is 0.364. The molecule has 7 nitrogen and oxygen atoms in total. The molecule has 1 N–H and O–H groups in total. The van der Waals surface area contributed by atoms with Crippen LogP contribution in [-0.4, -0.2) is 50.6 Å². The number of nitrogens with zero attached hydrogens (tertiary/aromatic N) is 2. The molecule has 10 heteroatoms. The second-order valence-corrected chi connectivity index (χ2v) is 7.48. The SMILES string of the molecule is COc1ccc(CN(C)C(C)C(=O)N2CC(=O)Nc3cc(C(F)(F)F)ccc32)cc1OC. The summed E-state index contributed by atoms with van der Waals surface area (Å²) in [5.41, 5.74) is 0.161. The lowest BCUT2D eigenvalue weighted by molar-refractivity contribution is -0.137. The predicted molar refractivity (Wildman–Crippen MR) is 113 cm³/mol. The van der Waals surface area contributed by atoms with E-state index in [0.717, 1.165) is 17.7 Å². The van der Waals surface area contributed by atoms with Crippen molar-refractivity contribution in [2.24, 2.45) is 0 Å². The summed E-state index contributed by atoms with van der Waals surface area (Å²) >= 11 is 0. The highest BCUT2D eigenvalue weighted by atomic mass is 19.4. The Labute approximate surface area is 183 Å². The third-order valence-electron chi connectivity index (χ3n) is 5.35. The Bertz CT molecular complexity index is 1030. The van der Waals surface area contributed by atoms with Crippen molar-refractivity contribution < 1.29 is 32.2 Å². The van der Waals surface area contributed by atoms with Crippen molar-refractivity contribution in [2.45, 2.75) is 25.7 Å². The van der Waals surface area contributed by atoms with Gasteiger partial charge >= 0.3 is 6.18 Å². The lowest BCUT2D eigenvalue weighted by atomic mass is 10.1. The van der Waals surface area contributed by atoms with Crippen LogP contribution in [0.3, 0.4) is 0 Å². The maximum atomic E-state index is 13.2. The molecule has 0 aromatic heterocycles. The van der Waals surface area contributed by atoms with Gasteiger partial charge in [0.05, 0.1) is 37.2 Å². The van der Waals surface area contributed by atoms with E-state index in [9.17, 15) is 22.8 Å². The van der Waals surface area contributed by atoms with Crippen LogP contribution in [0.1, 0.15) is 18.1 Å². The minimum absolute atomic E-state index is 0.0424. The predicted octanol–water partition coefficient (Wildman–Crippen LogP) is 3.53.